The van der Waals surface area contributed by atoms with Gasteiger partial charge in [-0.05, 0) is 23.8 Å². The van der Waals surface area contributed by atoms with Crippen molar-refractivity contribution in [3.8, 4) is 12.1 Å². The van der Waals surface area contributed by atoms with Gasteiger partial charge >= 0.3 is 0 Å². The SMILES string of the molecule is N#CCC(C(=O)c1ccc(F)c(C#N)c1)c1ccccc1. The highest BCUT2D eigenvalue weighted by Crippen LogP contribution is 2.25. The van der Waals surface area contributed by atoms with E-state index in [4.69, 9.17) is 10.5 Å². The largest absolute Gasteiger partial charge is 0.293 e. The average molecular weight is 278 g/mol. The Morgan fingerprint density at radius 1 is 1.14 bits per heavy atom. The molecule has 0 saturated heterocycles. The summed E-state index contributed by atoms with van der Waals surface area (Å²) in [5, 5.41) is 17.8. The molecular formula is C17H11FN2O. The predicted octanol–water partition coefficient (Wildman–Crippen LogP) is 3.58. The van der Waals surface area contributed by atoms with Gasteiger partial charge in [-0.2, -0.15) is 10.5 Å². The minimum Gasteiger partial charge on any atom is -0.293 e. The van der Waals surface area contributed by atoms with Crippen molar-refractivity contribution in [2.24, 2.45) is 0 Å². The summed E-state index contributed by atoms with van der Waals surface area (Å²) in [6.07, 6.45) is 0.0299. The van der Waals surface area contributed by atoms with E-state index >= 15 is 0 Å². The number of carbonyl (C=O) groups excluding carboxylic acids is 1. The molecule has 102 valence electrons. The lowest BCUT2D eigenvalue weighted by atomic mass is 9.88. The first-order chi connectivity index (χ1) is 10.2. The molecule has 2 aromatic carbocycles. The Morgan fingerprint density at radius 3 is 2.48 bits per heavy atom. The van der Waals surface area contributed by atoms with Gasteiger partial charge in [0.1, 0.15) is 11.9 Å². The number of nitrogens with zero attached hydrogens (tertiary/aromatic N) is 2. The number of nitriles is 2. The van der Waals surface area contributed by atoms with Crippen LogP contribution in [0.15, 0.2) is 48.5 Å². The Bertz CT molecular complexity index is 742. The molecule has 0 spiro atoms. The number of benzene rings is 2. The summed E-state index contributed by atoms with van der Waals surface area (Å²) in [5.41, 5.74) is 0.786. The Kier molecular flexibility index (Phi) is 4.43. The van der Waals surface area contributed by atoms with Crippen LogP contribution >= 0.6 is 0 Å². The van der Waals surface area contributed by atoms with E-state index in [2.05, 4.69) is 0 Å². The van der Waals surface area contributed by atoms with Crippen LogP contribution in [0.3, 0.4) is 0 Å². The Labute approximate surface area is 121 Å². The van der Waals surface area contributed by atoms with Gasteiger partial charge < -0.3 is 0 Å². The van der Waals surface area contributed by atoms with Crippen molar-refractivity contribution in [2.45, 2.75) is 12.3 Å². The Morgan fingerprint density at radius 2 is 1.86 bits per heavy atom. The topological polar surface area (TPSA) is 64.7 Å². The van der Waals surface area contributed by atoms with Crippen LogP contribution in [0.1, 0.15) is 33.8 Å². The number of Topliss-reactive ketones (excluding diaryl/α,β-unsaturated/α-hetero) is 1. The number of hydrogen-bond donors (Lipinski definition) is 0. The summed E-state index contributed by atoms with van der Waals surface area (Å²) in [5.74, 6) is -1.57. The van der Waals surface area contributed by atoms with Crippen molar-refractivity contribution in [1.29, 1.82) is 10.5 Å². The zero-order valence-corrected chi connectivity index (χ0v) is 11.1. The van der Waals surface area contributed by atoms with Gasteiger partial charge in [-0.3, -0.25) is 4.79 Å². The fraction of sp³-hybridized carbons (Fsp3) is 0.118. The van der Waals surface area contributed by atoms with Gasteiger partial charge in [0.2, 0.25) is 0 Å². The third-order valence-corrected chi connectivity index (χ3v) is 3.19. The normalized spacial score (nSPS) is 11.2. The molecule has 0 amide bonds. The number of hydrogen-bond acceptors (Lipinski definition) is 3. The van der Waals surface area contributed by atoms with Crippen molar-refractivity contribution in [2.75, 3.05) is 0 Å². The van der Waals surface area contributed by atoms with Gasteiger partial charge in [0.25, 0.3) is 0 Å². The summed E-state index contributed by atoms with van der Waals surface area (Å²) in [6.45, 7) is 0. The van der Waals surface area contributed by atoms with Crippen LogP contribution in [-0.4, -0.2) is 5.78 Å². The van der Waals surface area contributed by atoms with Gasteiger partial charge in [-0.1, -0.05) is 30.3 Å². The lowest BCUT2D eigenvalue weighted by Gasteiger charge is -2.13. The minimum atomic E-state index is -0.661. The molecule has 0 radical (unpaired) electrons. The summed E-state index contributed by atoms with van der Waals surface area (Å²) in [4.78, 5) is 12.5. The van der Waals surface area contributed by atoms with Crippen molar-refractivity contribution in [3.05, 3.63) is 71.0 Å². The maximum atomic E-state index is 13.3. The van der Waals surface area contributed by atoms with E-state index in [9.17, 15) is 9.18 Å². The van der Waals surface area contributed by atoms with E-state index < -0.39 is 11.7 Å². The molecule has 1 atom stereocenters. The number of ketones is 1. The van der Waals surface area contributed by atoms with Gasteiger partial charge in [0.15, 0.2) is 5.78 Å². The smallest absolute Gasteiger partial charge is 0.171 e. The molecule has 4 heteroatoms. The Hall–Kier alpha value is -2.98. The van der Waals surface area contributed by atoms with Crippen LogP contribution in [0, 0.1) is 28.5 Å². The molecule has 0 aliphatic rings. The lowest BCUT2D eigenvalue weighted by molar-refractivity contribution is 0.0960. The first-order valence-corrected chi connectivity index (χ1v) is 6.33. The number of rotatable bonds is 4. The van der Waals surface area contributed by atoms with Crippen LogP contribution in [-0.2, 0) is 0 Å². The second kappa shape index (κ2) is 6.45. The van der Waals surface area contributed by atoms with E-state index in [1.165, 1.54) is 12.1 Å². The molecule has 2 rings (SSSR count). The number of halogens is 1. The molecule has 21 heavy (non-hydrogen) atoms. The highest BCUT2D eigenvalue weighted by Gasteiger charge is 2.22. The van der Waals surface area contributed by atoms with Gasteiger partial charge in [-0.15, -0.1) is 0 Å². The molecule has 1 unspecified atom stereocenters. The maximum Gasteiger partial charge on any atom is 0.171 e. The monoisotopic (exact) mass is 278 g/mol. The first-order valence-electron chi connectivity index (χ1n) is 6.33. The second-order valence-electron chi connectivity index (χ2n) is 4.50. The lowest BCUT2D eigenvalue weighted by Crippen LogP contribution is -2.13. The molecule has 0 saturated carbocycles. The molecule has 0 bridgehead atoms. The molecule has 0 aliphatic carbocycles. The van der Waals surface area contributed by atoms with Crippen LogP contribution in [0.25, 0.3) is 0 Å². The van der Waals surface area contributed by atoms with Gasteiger partial charge in [0.05, 0.1) is 17.6 Å². The highest BCUT2D eigenvalue weighted by atomic mass is 19.1. The van der Waals surface area contributed by atoms with Crippen LogP contribution in [0.4, 0.5) is 4.39 Å². The standard InChI is InChI=1S/C17H11FN2O/c18-16-7-6-13(10-14(16)11-20)17(21)15(8-9-19)12-4-2-1-3-5-12/h1-7,10,15H,8H2. The van der Waals surface area contributed by atoms with Crippen molar-refractivity contribution in [1.82, 2.24) is 0 Å². The second-order valence-corrected chi connectivity index (χ2v) is 4.50. The zero-order chi connectivity index (χ0) is 15.2. The van der Waals surface area contributed by atoms with E-state index in [0.29, 0.717) is 0 Å². The van der Waals surface area contributed by atoms with Crippen LogP contribution < -0.4 is 0 Å². The molecule has 0 heterocycles. The minimum absolute atomic E-state index is 0.0299. The van der Waals surface area contributed by atoms with Crippen LogP contribution in [0.2, 0.25) is 0 Å². The molecule has 0 fully saturated rings. The van der Waals surface area contributed by atoms with E-state index in [1.807, 2.05) is 12.1 Å². The van der Waals surface area contributed by atoms with Crippen molar-refractivity contribution >= 4 is 5.78 Å². The average Bonchev–Trinajstić information content (AvgIpc) is 2.53. The van der Waals surface area contributed by atoms with Crippen LogP contribution in [0.5, 0.6) is 0 Å². The third kappa shape index (κ3) is 3.13. The predicted molar refractivity (Wildman–Crippen MR) is 74.9 cm³/mol. The maximum absolute atomic E-state index is 13.3. The zero-order valence-electron chi connectivity index (χ0n) is 11.1. The van der Waals surface area contributed by atoms with E-state index in [-0.39, 0.29) is 23.3 Å². The Balaban J connectivity index is 2.41. The molecule has 0 aromatic heterocycles. The molecule has 0 N–H and O–H groups in total. The van der Waals surface area contributed by atoms with E-state index in [0.717, 1.165) is 11.6 Å². The fourth-order valence-corrected chi connectivity index (χ4v) is 2.10. The number of carbonyl (C=O) groups is 1. The van der Waals surface area contributed by atoms with Crippen molar-refractivity contribution in [3.63, 3.8) is 0 Å². The summed E-state index contributed by atoms with van der Waals surface area (Å²) >= 11 is 0. The highest BCUT2D eigenvalue weighted by molar-refractivity contribution is 6.01. The molecule has 0 aliphatic heterocycles. The first kappa shape index (κ1) is 14.4. The van der Waals surface area contributed by atoms with Crippen molar-refractivity contribution < 1.29 is 9.18 Å². The summed E-state index contributed by atoms with van der Waals surface area (Å²) in [7, 11) is 0. The third-order valence-electron chi connectivity index (χ3n) is 3.19. The molecule has 2 aromatic rings. The summed E-state index contributed by atoms with van der Waals surface area (Å²) < 4.78 is 13.3. The van der Waals surface area contributed by atoms with Gasteiger partial charge in [-0.25, -0.2) is 4.39 Å². The summed E-state index contributed by atoms with van der Waals surface area (Å²) in [6, 6.07) is 16.3. The quantitative estimate of drug-likeness (QED) is 0.803. The fourth-order valence-electron chi connectivity index (χ4n) is 2.10. The van der Waals surface area contributed by atoms with E-state index in [1.54, 1.807) is 30.3 Å². The molecular weight excluding hydrogens is 267 g/mol. The van der Waals surface area contributed by atoms with Gasteiger partial charge in [0, 0.05) is 12.0 Å². The molecule has 3 nitrogen and oxygen atoms in total.